The molecule has 0 spiro atoms. The molecule has 0 radical (unpaired) electrons. The molecule has 0 aliphatic carbocycles. The van der Waals surface area contributed by atoms with Crippen molar-refractivity contribution in [2.24, 2.45) is 0 Å². The highest BCUT2D eigenvalue weighted by Gasteiger charge is 2.03. The molecule has 0 saturated heterocycles. The van der Waals surface area contributed by atoms with Gasteiger partial charge in [-0.1, -0.05) is 103 Å². The number of rotatable bonds is 38. The number of unbranched alkanes of at least 4 members (excludes halogenated alkanes) is 14. The Morgan fingerprint density at radius 1 is 0.413 bits per heavy atom. The zero-order valence-corrected chi connectivity index (χ0v) is 29.5. The van der Waals surface area contributed by atoms with Gasteiger partial charge >= 0.3 is 11.9 Å². The smallest absolute Gasteiger partial charge is 0.333 e. The summed E-state index contributed by atoms with van der Waals surface area (Å²) in [6.45, 7) is 13.2. The molecule has 0 rings (SSSR count). The summed E-state index contributed by atoms with van der Waals surface area (Å²) in [5.41, 5.74) is 0.371. The van der Waals surface area contributed by atoms with Crippen molar-refractivity contribution in [3.63, 3.8) is 0 Å². The van der Waals surface area contributed by atoms with Crippen molar-refractivity contribution >= 4 is 11.9 Å². The third-order valence-electron chi connectivity index (χ3n) is 7.14. The Morgan fingerprint density at radius 3 is 1.02 bits per heavy atom. The third-order valence-corrected chi connectivity index (χ3v) is 7.14. The maximum atomic E-state index is 11.9. The van der Waals surface area contributed by atoms with Crippen LogP contribution in [-0.4, -0.2) is 104 Å². The molecular formula is C36H68O10. The van der Waals surface area contributed by atoms with Crippen molar-refractivity contribution < 1.29 is 47.5 Å². The van der Waals surface area contributed by atoms with Crippen LogP contribution in [0, 0.1) is 0 Å². The van der Waals surface area contributed by atoms with E-state index in [2.05, 4.69) is 13.5 Å². The number of hydrogen-bond acceptors (Lipinski definition) is 10. The van der Waals surface area contributed by atoms with Gasteiger partial charge in [-0.2, -0.15) is 0 Å². The zero-order chi connectivity index (χ0) is 33.6. The number of hydrogen-bond donors (Lipinski definition) is 0. The first kappa shape index (κ1) is 44.4. The van der Waals surface area contributed by atoms with Crippen LogP contribution in [0.4, 0.5) is 0 Å². The topological polar surface area (TPSA) is 108 Å². The molecule has 0 aromatic rings. The van der Waals surface area contributed by atoms with Gasteiger partial charge in [0.1, 0.15) is 13.2 Å². The van der Waals surface area contributed by atoms with E-state index in [4.69, 9.17) is 37.9 Å². The number of ether oxygens (including phenoxy) is 8. The lowest BCUT2D eigenvalue weighted by atomic mass is 10.0. The predicted molar refractivity (Wildman–Crippen MR) is 181 cm³/mol. The van der Waals surface area contributed by atoms with Crippen LogP contribution in [0.3, 0.4) is 0 Å². The van der Waals surface area contributed by atoms with E-state index < -0.39 is 5.97 Å². The third kappa shape index (κ3) is 36.9. The van der Waals surface area contributed by atoms with Gasteiger partial charge in [-0.25, -0.2) is 4.79 Å². The lowest BCUT2D eigenvalue weighted by Gasteiger charge is -2.09. The lowest BCUT2D eigenvalue weighted by Crippen LogP contribution is -2.15. The summed E-state index contributed by atoms with van der Waals surface area (Å²) < 4.78 is 42.7. The van der Waals surface area contributed by atoms with Gasteiger partial charge in [0.25, 0.3) is 0 Å². The number of esters is 2. The van der Waals surface area contributed by atoms with Crippen molar-refractivity contribution in [2.45, 2.75) is 117 Å². The van der Waals surface area contributed by atoms with Gasteiger partial charge in [-0.05, 0) is 13.3 Å². The largest absolute Gasteiger partial charge is 0.463 e. The molecule has 0 heterocycles. The molecule has 10 nitrogen and oxygen atoms in total. The number of carbonyl (C=O) groups is 2. The second-order valence-electron chi connectivity index (χ2n) is 11.5. The molecule has 0 aliphatic heterocycles. The highest BCUT2D eigenvalue weighted by atomic mass is 16.6. The van der Waals surface area contributed by atoms with Gasteiger partial charge in [-0.3, -0.25) is 4.79 Å². The molecule has 0 fully saturated rings. The van der Waals surface area contributed by atoms with Crippen LogP contribution < -0.4 is 0 Å². The zero-order valence-electron chi connectivity index (χ0n) is 29.5. The van der Waals surface area contributed by atoms with Crippen LogP contribution in [0.1, 0.15) is 117 Å². The summed E-state index contributed by atoms with van der Waals surface area (Å²) in [7, 11) is 0. The normalized spacial score (nSPS) is 11.2. The molecule has 0 atom stereocenters. The van der Waals surface area contributed by atoms with Crippen molar-refractivity contribution in [3.8, 4) is 0 Å². The molecule has 0 aromatic heterocycles. The monoisotopic (exact) mass is 660 g/mol. The molecule has 0 aliphatic rings. The van der Waals surface area contributed by atoms with Gasteiger partial charge in [0.2, 0.25) is 0 Å². The Morgan fingerprint density at radius 2 is 0.696 bits per heavy atom. The van der Waals surface area contributed by atoms with Crippen LogP contribution >= 0.6 is 0 Å². The Hall–Kier alpha value is -1.56. The van der Waals surface area contributed by atoms with E-state index in [1.165, 1.54) is 83.5 Å². The van der Waals surface area contributed by atoms with Crippen LogP contribution in [0.2, 0.25) is 0 Å². The Kier molecular flexibility index (Phi) is 36.6. The fraction of sp³-hybridized carbons (Fsp3) is 0.889. The average molecular weight is 661 g/mol. The van der Waals surface area contributed by atoms with Crippen LogP contribution in [0.25, 0.3) is 0 Å². The van der Waals surface area contributed by atoms with Gasteiger partial charge in [0, 0.05) is 12.0 Å². The number of carbonyl (C=O) groups excluding carboxylic acids is 2. The highest BCUT2D eigenvalue weighted by molar-refractivity contribution is 5.86. The maximum Gasteiger partial charge on any atom is 0.333 e. The second-order valence-corrected chi connectivity index (χ2v) is 11.5. The molecule has 46 heavy (non-hydrogen) atoms. The minimum Gasteiger partial charge on any atom is -0.463 e. The SMILES string of the molecule is C=C(C)C(=O)OCCOCCOCCOCCOCCOCCOCCOC(=O)CCCCCCCCCCCCCCCCC. The van der Waals surface area contributed by atoms with Crippen molar-refractivity contribution in [2.75, 3.05) is 92.5 Å². The highest BCUT2D eigenvalue weighted by Crippen LogP contribution is 2.13. The molecular weight excluding hydrogens is 592 g/mol. The summed E-state index contributed by atoms with van der Waals surface area (Å²) in [6.07, 6.45) is 20.2. The molecule has 272 valence electrons. The average Bonchev–Trinajstić information content (AvgIpc) is 3.05. The molecule has 0 saturated carbocycles. The Bertz CT molecular complexity index is 673. The maximum absolute atomic E-state index is 11.9. The van der Waals surface area contributed by atoms with Crippen molar-refractivity contribution in [3.05, 3.63) is 12.2 Å². The molecule has 0 unspecified atom stereocenters. The van der Waals surface area contributed by atoms with Crippen LogP contribution in [0.5, 0.6) is 0 Å². The van der Waals surface area contributed by atoms with Gasteiger partial charge in [0.15, 0.2) is 0 Å². The van der Waals surface area contributed by atoms with Crippen LogP contribution in [-0.2, 0) is 47.5 Å². The molecule has 10 heteroatoms. The van der Waals surface area contributed by atoms with Gasteiger partial charge in [0.05, 0.1) is 79.3 Å². The quantitative estimate of drug-likeness (QED) is 0.0390. The predicted octanol–water partition coefficient (Wildman–Crippen LogP) is 7.01. The van der Waals surface area contributed by atoms with Gasteiger partial charge in [-0.15, -0.1) is 0 Å². The van der Waals surface area contributed by atoms with E-state index >= 15 is 0 Å². The van der Waals surface area contributed by atoms with E-state index in [-0.39, 0.29) is 19.2 Å². The minimum absolute atomic E-state index is 0.134. The first-order valence-corrected chi connectivity index (χ1v) is 18.0. The molecule has 0 aromatic carbocycles. The standard InChI is InChI=1S/C36H68O10/c1-4-5-6-7-8-9-10-11-12-13-14-15-16-17-18-19-35(37)45-32-30-43-28-26-41-24-22-39-20-21-40-23-25-42-27-29-44-31-33-46-36(38)34(2)3/h2,4-33H2,1,3H3. The van der Waals surface area contributed by atoms with E-state index in [9.17, 15) is 9.59 Å². The van der Waals surface area contributed by atoms with Crippen LogP contribution in [0.15, 0.2) is 12.2 Å². The summed E-state index contributed by atoms with van der Waals surface area (Å²) in [4.78, 5) is 23.1. The molecule has 0 N–H and O–H groups in total. The van der Waals surface area contributed by atoms with E-state index in [1.807, 2.05) is 0 Å². The molecule has 0 bridgehead atoms. The fourth-order valence-electron chi connectivity index (χ4n) is 4.45. The van der Waals surface area contributed by atoms with E-state index in [0.717, 1.165) is 12.8 Å². The van der Waals surface area contributed by atoms with Crippen molar-refractivity contribution in [1.29, 1.82) is 0 Å². The summed E-state index contributed by atoms with van der Waals surface area (Å²) in [5.74, 6) is -0.545. The lowest BCUT2D eigenvalue weighted by molar-refractivity contribution is -0.145. The van der Waals surface area contributed by atoms with E-state index in [0.29, 0.717) is 91.3 Å². The van der Waals surface area contributed by atoms with Crippen molar-refractivity contribution in [1.82, 2.24) is 0 Å². The summed E-state index contributed by atoms with van der Waals surface area (Å²) in [6, 6.07) is 0. The minimum atomic E-state index is -0.411. The summed E-state index contributed by atoms with van der Waals surface area (Å²) >= 11 is 0. The first-order valence-electron chi connectivity index (χ1n) is 18.0. The first-order chi connectivity index (χ1) is 22.6. The second kappa shape index (κ2) is 37.9. The van der Waals surface area contributed by atoms with Gasteiger partial charge < -0.3 is 37.9 Å². The molecule has 0 amide bonds. The van der Waals surface area contributed by atoms with E-state index in [1.54, 1.807) is 6.92 Å². The Labute approximate surface area is 280 Å². The fourth-order valence-corrected chi connectivity index (χ4v) is 4.45. The summed E-state index contributed by atoms with van der Waals surface area (Å²) in [5, 5.41) is 0. The Balaban J connectivity index is 3.17.